The van der Waals surface area contributed by atoms with Crippen molar-refractivity contribution in [1.29, 1.82) is 0 Å². The minimum atomic E-state index is -0.578. The molecule has 0 aliphatic carbocycles. The molecular weight excluding hydrogens is 338 g/mol. The largest absolute Gasteiger partial charge is 1.00 e. The fraction of sp³-hybridized carbons (Fsp3) is 0.950. The molecule has 1 unspecified atom stereocenters. The van der Waals surface area contributed by atoms with Gasteiger partial charge in [0.15, 0.2) is 0 Å². The van der Waals surface area contributed by atoms with Crippen molar-refractivity contribution >= 4 is 5.97 Å². The van der Waals surface area contributed by atoms with Gasteiger partial charge in [-0.1, -0.05) is 71.1 Å². The van der Waals surface area contributed by atoms with Crippen LogP contribution in [0.3, 0.4) is 0 Å². The van der Waals surface area contributed by atoms with Crippen LogP contribution in [0.2, 0.25) is 0 Å². The first-order chi connectivity index (χ1) is 11.3. The number of nitrogens with zero attached hydrogens (tertiary/aromatic N) is 1. The van der Waals surface area contributed by atoms with Gasteiger partial charge in [0.2, 0.25) is 0 Å². The highest BCUT2D eigenvalue weighted by Gasteiger charge is 2.17. The Morgan fingerprint density at radius 3 is 1.76 bits per heavy atom. The summed E-state index contributed by atoms with van der Waals surface area (Å²) in [7, 11) is 6.03. The lowest BCUT2D eigenvalue weighted by Gasteiger charge is -2.26. The van der Waals surface area contributed by atoms with Gasteiger partial charge in [-0.15, -0.1) is 0 Å². The molecule has 0 fully saturated rings. The molecule has 0 spiro atoms. The van der Waals surface area contributed by atoms with Crippen LogP contribution in [0, 0.1) is 0 Å². The number of aliphatic hydroxyl groups excluding tert-OH is 1. The number of quaternary nitrogens is 1. The Morgan fingerprint density at radius 2 is 1.32 bits per heavy atom. The van der Waals surface area contributed by atoms with Crippen molar-refractivity contribution in [2.75, 3.05) is 34.3 Å². The van der Waals surface area contributed by atoms with E-state index in [0.717, 1.165) is 12.8 Å². The molecule has 0 aromatic heterocycles. The number of hydrogen-bond acceptors (Lipinski definition) is 3. The fourth-order valence-corrected chi connectivity index (χ4v) is 2.88. The first-order valence-corrected chi connectivity index (χ1v) is 9.99. The minimum absolute atomic E-state index is 0. The number of carbonyl (C=O) groups is 1. The van der Waals surface area contributed by atoms with E-state index in [1.54, 1.807) is 0 Å². The molecule has 5 heteroatoms. The van der Waals surface area contributed by atoms with Crippen molar-refractivity contribution in [1.82, 2.24) is 0 Å². The van der Waals surface area contributed by atoms with Crippen LogP contribution in [-0.2, 0) is 9.53 Å². The zero-order valence-electron chi connectivity index (χ0n) is 17.1. The Morgan fingerprint density at radius 1 is 0.880 bits per heavy atom. The fourth-order valence-electron chi connectivity index (χ4n) is 2.88. The highest BCUT2D eigenvalue weighted by atomic mass is 35.5. The molecular formula is C20H42ClNO3. The second-order valence-corrected chi connectivity index (χ2v) is 8.10. The van der Waals surface area contributed by atoms with Crippen LogP contribution in [0.1, 0.15) is 84.0 Å². The van der Waals surface area contributed by atoms with Crippen LogP contribution >= 0.6 is 0 Å². The van der Waals surface area contributed by atoms with Gasteiger partial charge < -0.3 is 26.7 Å². The zero-order chi connectivity index (χ0) is 18.3. The van der Waals surface area contributed by atoms with Gasteiger partial charge in [-0.2, -0.15) is 0 Å². The molecule has 0 saturated carbocycles. The van der Waals surface area contributed by atoms with Gasteiger partial charge in [0.25, 0.3) is 0 Å². The summed E-state index contributed by atoms with van der Waals surface area (Å²) in [4.78, 5) is 11.6. The van der Waals surface area contributed by atoms with Crippen molar-refractivity contribution in [3.05, 3.63) is 0 Å². The maximum atomic E-state index is 11.6. The lowest BCUT2D eigenvalue weighted by molar-refractivity contribution is -0.873. The lowest BCUT2D eigenvalue weighted by atomic mass is 10.1. The normalized spacial score (nSPS) is 12.5. The summed E-state index contributed by atoms with van der Waals surface area (Å²) in [5.74, 6) is -0.175. The third-order valence-electron chi connectivity index (χ3n) is 4.18. The Hall–Kier alpha value is -0.320. The van der Waals surface area contributed by atoms with Crippen LogP contribution in [-0.4, -0.2) is 56.0 Å². The van der Waals surface area contributed by atoms with Crippen LogP contribution in [0.25, 0.3) is 0 Å². The van der Waals surface area contributed by atoms with Crippen molar-refractivity contribution in [2.24, 2.45) is 0 Å². The lowest BCUT2D eigenvalue weighted by Crippen LogP contribution is -3.00. The monoisotopic (exact) mass is 379 g/mol. The van der Waals surface area contributed by atoms with Crippen molar-refractivity contribution in [2.45, 2.75) is 90.1 Å². The van der Waals surface area contributed by atoms with Crippen molar-refractivity contribution in [3.63, 3.8) is 0 Å². The minimum Gasteiger partial charge on any atom is -1.00 e. The van der Waals surface area contributed by atoms with Gasteiger partial charge in [-0.25, -0.2) is 0 Å². The molecule has 0 aromatic carbocycles. The van der Waals surface area contributed by atoms with Crippen LogP contribution in [0.15, 0.2) is 0 Å². The molecule has 0 aromatic rings. The SMILES string of the molecule is CCCCCCCCCCCCCC(=O)OCC(O)C[N+](C)(C)C.[Cl-]. The summed E-state index contributed by atoms with van der Waals surface area (Å²) < 4.78 is 5.81. The summed E-state index contributed by atoms with van der Waals surface area (Å²) in [5, 5.41) is 9.80. The molecule has 152 valence electrons. The van der Waals surface area contributed by atoms with Crippen LogP contribution in [0.4, 0.5) is 0 Å². The van der Waals surface area contributed by atoms with Gasteiger partial charge in [-0.05, 0) is 6.42 Å². The number of halogens is 1. The predicted octanol–water partition coefficient (Wildman–Crippen LogP) is 1.30. The highest BCUT2D eigenvalue weighted by Crippen LogP contribution is 2.12. The van der Waals surface area contributed by atoms with E-state index in [1.807, 2.05) is 21.1 Å². The summed E-state index contributed by atoms with van der Waals surface area (Å²) in [6, 6.07) is 0. The molecule has 25 heavy (non-hydrogen) atoms. The number of hydrogen-bond donors (Lipinski definition) is 1. The Bertz CT molecular complexity index is 306. The average Bonchev–Trinajstić information content (AvgIpc) is 2.49. The molecule has 1 atom stereocenters. The Kier molecular flexibility index (Phi) is 18.4. The molecule has 0 rings (SSSR count). The van der Waals surface area contributed by atoms with E-state index in [1.165, 1.54) is 57.8 Å². The van der Waals surface area contributed by atoms with Crippen molar-refractivity contribution < 1.29 is 31.5 Å². The summed E-state index contributed by atoms with van der Waals surface area (Å²) in [6.45, 7) is 2.96. The number of esters is 1. The number of aliphatic hydroxyl groups is 1. The second kappa shape index (κ2) is 17.1. The molecule has 0 aliphatic heterocycles. The number of ether oxygens (including phenoxy) is 1. The average molecular weight is 380 g/mol. The van der Waals surface area contributed by atoms with Crippen LogP contribution in [0.5, 0.6) is 0 Å². The maximum Gasteiger partial charge on any atom is 0.305 e. The first kappa shape index (κ1) is 26.9. The van der Waals surface area contributed by atoms with E-state index in [0.29, 0.717) is 17.4 Å². The molecule has 0 amide bonds. The summed E-state index contributed by atoms with van der Waals surface area (Å²) in [5.41, 5.74) is 0. The van der Waals surface area contributed by atoms with E-state index < -0.39 is 6.10 Å². The van der Waals surface area contributed by atoms with E-state index in [4.69, 9.17) is 4.74 Å². The van der Waals surface area contributed by atoms with Crippen LogP contribution < -0.4 is 12.4 Å². The maximum absolute atomic E-state index is 11.6. The summed E-state index contributed by atoms with van der Waals surface area (Å²) >= 11 is 0. The molecule has 4 nitrogen and oxygen atoms in total. The van der Waals surface area contributed by atoms with Gasteiger partial charge >= 0.3 is 5.97 Å². The second-order valence-electron chi connectivity index (χ2n) is 8.10. The molecule has 0 heterocycles. The summed E-state index contributed by atoms with van der Waals surface area (Å²) in [6.07, 6.45) is 13.9. The molecule has 0 saturated heterocycles. The van der Waals surface area contributed by atoms with Gasteiger partial charge in [-0.3, -0.25) is 4.79 Å². The number of likely N-dealkylation sites (N-methyl/N-ethyl adjacent to an activating group) is 1. The highest BCUT2D eigenvalue weighted by molar-refractivity contribution is 5.69. The molecule has 0 bridgehead atoms. The molecule has 0 aliphatic rings. The van der Waals surface area contributed by atoms with E-state index in [9.17, 15) is 9.90 Å². The van der Waals surface area contributed by atoms with E-state index >= 15 is 0 Å². The number of rotatable bonds is 16. The van der Waals surface area contributed by atoms with E-state index in [2.05, 4.69) is 6.92 Å². The van der Waals surface area contributed by atoms with Gasteiger partial charge in [0.1, 0.15) is 19.3 Å². The predicted molar refractivity (Wildman–Crippen MR) is 101 cm³/mol. The third-order valence-corrected chi connectivity index (χ3v) is 4.18. The quantitative estimate of drug-likeness (QED) is 0.250. The van der Waals surface area contributed by atoms with Crippen molar-refractivity contribution in [3.8, 4) is 0 Å². The standard InChI is InChI=1S/C20H42NO3.ClH/c1-5-6-7-8-9-10-11-12-13-14-15-16-20(23)24-18-19(22)17-21(2,3)4;/h19,22H,5-18H2,1-4H3;1H/q+1;/p-1. The first-order valence-electron chi connectivity index (χ1n) is 9.99. The van der Waals surface area contributed by atoms with Gasteiger partial charge in [0, 0.05) is 6.42 Å². The topological polar surface area (TPSA) is 46.5 Å². The smallest absolute Gasteiger partial charge is 0.305 e. The van der Waals surface area contributed by atoms with E-state index in [-0.39, 0.29) is 25.0 Å². The molecule has 1 N–H and O–H groups in total. The number of carbonyl (C=O) groups excluding carboxylic acids is 1. The zero-order valence-corrected chi connectivity index (χ0v) is 17.8. The van der Waals surface area contributed by atoms with Gasteiger partial charge in [0.05, 0.1) is 21.1 Å². The number of unbranched alkanes of at least 4 members (excludes halogenated alkanes) is 10. The Labute approximate surface area is 162 Å². The third kappa shape index (κ3) is 21.6. The Balaban J connectivity index is 0. The molecule has 0 radical (unpaired) electrons.